The molecule has 1 N–H and O–H groups in total. The Morgan fingerprint density at radius 2 is 2.21 bits per heavy atom. The topological polar surface area (TPSA) is 81.7 Å². The van der Waals surface area contributed by atoms with E-state index in [1.165, 1.54) is 11.8 Å². The average molecular weight is 417 g/mol. The van der Waals surface area contributed by atoms with Gasteiger partial charge in [0.2, 0.25) is 5.91 Å². The molecule has 0 saturated heterocycles. The molecule has 28 heavy (non-hydrogen) atoms. The molecule has 0 radical (unpaired) electrons. The van der Waals surface area contributed by atoms with Crippen LogP contribution in [0, 0.1) is 0 Å². The van der Waals surface area contributed by atoms with Gasteiger partial charge in [-0.2, -0.15) is 0 Å². The van der Waals surface area contributed by atoms with E-state index in [1.54, 1.807) is 37.9 Å². The largest absolute Gasteiger partial charge is 0.495 e. The van der Waals surface area contributed by atoms with E-state index in [4.69, 9.17) is 20.8 Å². The number of halogens is 1. The van der Waals surface area contributed by atoms with Crippen LogP contribution >= 0.6 is 23.4 Å². The van der Waals surface area contributed by atoms with Crippen LogP contribution in [0.15, 0.2) is 52.4 Å². The molecule has 3 aromatic heterocycles. The van der Waals surface area contributed by atoms with E-state index in [9.17, 15) is 4.79 Å². The second-order valence-electron chi connectivity index (χ2n) is 6.06. The number of benzene rings is 1. The normalized spacial score (nSPS) is 12.4. The van der Waals surface area contributed by atoms with Gasteiger partial charge in [0.05, 0.1) is 34.7 Å². The number of rotatable bonds is 6. The summed E-state index contributed by atoms with van der Waals surface area (Å²) in [5, 5.41) is 12.0. The van der Waals surface area contributed by atoms with Gasteiger partial charge >= 0.3 is 0 Å². The molecule has 0 aliphatic rings. The molecule has 3 heterocycles. The highest BCUT2D eigenvalue weighted by Crippen LogP contribution is 2.32. The van der Waals surface area contributed by atoms with Crippen LogP contribution in [0.1, 0.15) is 13.3 Å². The van der Waals surface area contributed by atoms with Crippen molar-refractivity contribution in [3.8, 4) is 5.75 Å². The Morgan fingerprint density at radius 1 is 1.36 bits per heavy atom. The fourth-order valence-corrected chi connectivity index (χ4v) is 4.16. The Bertz CT molecular complexity index is 1160. The minimum Gasteiger partial charge on any atom is -0.495 e. The first kappa shape index (κ1) is 18.6. The highest BCUT2D eigenvalue weighted by molar-refractivity contribution is 8.00. The van der Waals surface area contributed by atoms with Gasteiger partial charge < -0.3 is 14.5 Å². The molecule has 144 valence electrons. The van der Waals surface area contributed by atoms with Crippen LogP contribution in [0.5, 0.6) is 5.75 Å². The number of carbonyl (C=O) groups excluding carboxylic acids is 1. The molecular formula is C19H17ClN4O3S. The molecule has 1 aromatic carbocycles. The first-order chi connectivity index (χ1) is 13.6. The molecule has 0 saturated carbocycles. The predicted octanol–water partition coefficient (Wildman–Crippen LogP) is 4.65. The molecule has 4 aromatic rings. The first-order valence-corrected chi connectivity index (χ1v) is 9.87. The molecular weight excluding hydrogens is 400 g/mol. The van der Waals surface area contributed by atoms with E-state index >= 15 is 0 Å². The van der Waals surface area contributed by atoms with Gasteiger partial charge in [-0.1, -0.05) is 30.3 Å². The van der Waals surface area contributed by atoms with Crippen molar-refractivity contribution >= 4 is 51.6 Å². The monoisotopic (exact) mass is 416 g/mol. The molecule has 1 atom stereocenters. The lowest BCUT2D eigenvalue weighted by atomic mass is 10.2. The molecule has 0 aliphatic carbocycles. The summed E-state index contributed by atoms with van der Waals surface area (Å²) in [6.07, 6.45) is 3.89. The van der Waals surface area contributed by atoms with Gasteiger partial charge in [-0.15, -0.1) is 10.2 Å². The van der Waals surface area contributed by atoms with E-state index in [0.29, 0.717) is 27.9 Å². The fraction of sp³-hybridized carbons (Fsp3) is 0.211. The molecule has 9 heteroatoms. The van der Waals surface area contributed by atoms with Crippen molar-refractivity contribution in [1.29, 1.82) is 0 Å². The smallest absolute Gasteiger partial charge is 0.237 e. The summed E-state index contributed by atoms with van der Waals surface area (Å²) >= 11 is 7.51. The van der Waals surface area contributed by atoms with E-state index < -0.39 is 0 Å². The number of anilines is 1. The van der Waals surface area contributed by atoms with Gasteiger partial charge in [-0.3, -0.25) is 9.20 Å². The maximum absolute atomic E-state index is 12.8. The lowest BCUT2D eigenvalue weighted by Gasteiger charge is -2.15. The zero-order valence-corrected chi connectivity index (χ0v) is 16.8. The molecule has 7 nitrogen and oxygen atoms in total. The zero-order valence-electron chi connectivity index (χ0n) is 15.2. The molecule has 0 bridgehead atoms. The molecule has 0 aliphatic heterocycles. The Kier molecular flexibility index (Phi) is 5.15. The van der Waals surface area contributed by atoms with E-state index in [0.717, 1.165) is 16.6 Å². The van der Waals surface area contributed by atoms with Crippen LogP contribution in [0.25, 0.3) is 16.6 Å². The van der Waals surface area contributed by atoms with Gasteiger partial charge in [0.1, 0.15) is 17.1 Å². The zero-order chi connectivity index (χ0) is 19.7. The van der Waals surface area contributed by atoms with Crippen molar-refractivity contribution < 1.29 is 13.9 Å². The number of ether oxygens (including phenoxy) is 1. The van der Waals surface area contributed by atoms with Crippen LogP contribution in [-0.4, -0.2) is 32.9 Å². The highest BCUT2D eigenvalue weighted by atomic mass is 35.5. The van der Waals surface area contributed by atoms with E-state index in [-0.39, 0.29) is 11.2 Å². The second kappa shape index (κ2) is 7.73. The van der Waals surface area contributed by atoms with Gasteiger partial charge in [0.15, 0.2) is 5.58 Å². The highest BCUT2D eigenvalue weighted by Gasteiger charge is 2.22. The summed E-state index contributed by atoms with van der Waals surface area (Å²) in [5.41, 5.74) is 3.13. The van der Waals surface area contributed by atoms with E-state index in [1.807, 2.05) is 23.5 Å². The fourth-order valence-electron chi connectivity index (χ4n) is 2.92. The number of hydrogen-bond acceptors (Lipinski definition) is 6. The summed E-state index contributed by atoms with van der Waals surface area (Å²) in [5.74, 6) is 0.424. The number of thioether (sulfide) groups is 1. The Morgan fingerprint density at radius 3 is 2.96 bits per heavy atom. The lowest BCUT2D eigenvalue weighted by molar-refractivity contribution is -0.115. The molecule has 0 spiro atoms. The van der Waals surface area contributed by atoms with Crippen molar-refractivity contribution in [2.24, 2.45) is 0 Å². The minimum absolute atomic E-state index is 0.132. The number of amides is 1. The summed E-state index contributed by atoms with van der Waals surface area (Å²) in [6.45, 7) is 1.95. The number of aromatic nitrogens is 3. The molecule has 0 fully saturated rings. The number of methoxy groups -OCH3 is 1. The van der Waals surface area contributed by atoms with Crippen molar-refractivity contribution in [3.05, 3.63) is 47.9 Å². The second-order valence-corrected chi connectivity index (χ2v) is 7.66. The van der Waals surface area contributed by atoms with Crippen molar-refractivity contribution in [2.45, 2.75) is 23.6 Å². The third-order valence-corrected chi connectivity index (χ3v) is 5.97. The van der Waals surface area contributed by atoms with Gasteiger partial charge in [0, 0.05) is 17.8 Å². The molecule has 0 unspecified atom stereocenters. The number of nitrogens with one attached hydrogen (secondary N) is 1. The van der Waals surface area contributed by atoms with Crippen molar-refractivity contribution in [2.75, 3.05) is 12.4 Å². The SMILES string of the molecule is CC[C@H](Sc1nncn2c1cc1occc12)C(=O)Nc1ccc(OC)c(Cl)c1. The van der Waals surface area contributed by atoms with Crippen LogP contribution < -0.4 is 10.1 Å². The summed E-state index contributed by atoms with van der Waals surface area (Å²) in [7, 11) is 1.54. The summed E-state index contributed by atoms with van der Waals surface area (Å²) in [4.78, 5) is 12.8. The Balaban J connectivity index is 1.56. The minimum atomic E-state index is -0.345. The number of furan rings is 1. The van der Waals surface area contributed by atoms with Crippen LogP contribution in [0.4, 0.5) is 5.69 Å². The van der Waals surface area contributed by atoms with E-state index in [2.05, 4.69) is 15.5 Å². The molecule has 1 amide bonds. The quantitative estimate of drug-likeness (QED) is 0.461. The number of fused-ring (bicyclic) bond motifs is 3. The Hall–Kier alpha value is -2.71. The van der Waals surface area contributed by atoms with Crippen molar-refractivity contribution in [1.82, 2.24) is 14.6 Å². The third kappa shape index (κ3) is 3.41. The standard InChI is InChI=1S/C19H17ClN4O3S/c1-3-17(18(25)22-11-4-5-15(26-2)12(20)8-11)28-19-14-9-16-13(6-7-27-16)24(14)10-21-23-19/h4-10,17H,3H2,1-2H3,(H,22,25)/t17-/m0/s1. The van der Waals surface area contributed by atoms with Crippen LogP contribution in [-0.2, 0) is 4.79 Å². The maximum Gasteiger partial charge on any atom is 0.237 e. The predicted molar refractivity (Wildman–Crippen MR) is 109 cm³/mol. The van der Waals surface area contributed by atoms with Gasteiger partial charge in [-0.25, -0.2) is 0 Å². The van der Waals surface area contributed by atoms with Gasteiger partial charge in [0.25, 0.3) is 0 Å². The summed E-state index contributed by atoms with van der Waals surface area (Å²) < 4.78 is 12.5. The van der Waals surface area contributed by atoms with Crippen LogP contribution in [0.3, 0.4) is 0 Å². The third-order valence-electron chi connectivity index (χ3n) is 4.33. The molecule has 4 rings (SSSR count). The van der Waals surface area contributed by atoms with Crippen LogP contribution in [0.2, 0.25) is 5.02 Å². The average Bonchev–Trinajstić information content (AvgIpc) is 3.28. The lowest BCUT2D eigenvalue weighted by Crippen LogP contribution is -2.24. The van der Waals surface area contributed by atoms with Crippen molar-refractivity contribution in [3.63, 3.8) is 0 Å². The summed E-state index contributed by atoms with van der Waals surface area (Å²) in [6, 6.07) is 8.91. The first-order valence-electron chi connectivity index (χ1n) is 8.61. The Labute approximate surface area is 170 Å². The number of carbonyl (C=O) groups is 1. The maximum atomic E-state index is 12.8. The number of nitrogens with zero attached hydrogens (tertiary/aromatic N) is 3. The van der Waals surface area contributed by atoms with Gasteiger partial charge in [-0.05, 0) is 24.6 Å². The number of hydrogen-bond donors (Lipinski definition) is 1.